The highest BCUT2D eigenvalue weighted by atomic mass is 35.5. The van der Waals surface area contributed by atoms with Gasteiger partial charge < -0.3 is 4.90 Å². The van der Waals surface area contributed by atoms with Gasteiger partial charge in [0, 0.05) is 37.4 Å². The number of hydrogen-bond donors (Lipinski definition) is 0. The quantitative estimate of drug-likeness (QED) is 0.839. The number of alkyl halides is 3. The highest BCUT2D eigenvalue weighted by Gasteiger charge is 2.33. The third kappa shape index (κ3) is 4.08. The first-order valence-corrected chi connectivity index (χ1v) is 6.43. The third-order valence-corrected chi connectivity index (χ3v) is 3.24. The highest BCUT2D eigenvalue weighted by molar-refractivity contribution is 6.30. The lowest BCUT2D eigenvalue weighted by atomic mass is 10.2. The molecule has 2 rings (SSSR count). The summed E-state index contributed by atoms with van der Waals surface area (Å²) in [5.41, 5.74) is 0.210. The monoisotopic (exact) mass is 307 g/mol. The number of pyridine rings is 1. The topological polar surface area (TPSA) is 36.4 Å². The number of hydrogen-bond acceptors (Lipinski definition) is 3. The van der Waals surface area contributed by atoms with Gasteiger partial charge in [-0.15, -0.1) is 0 Å². The molecule has 0 aromatic carbocycles. The molecule has 1 aliphatic rings. The van der Waals surface area contributed by atoms with Crippen molar-refractivity contribution in [2.45, 2.75) is 6.18 Å². The molecular formula is C12H13ClF3N3O. The summed E-state index contributed by atoms with van der Waals surface area (Å²) in [5.74, 6) is -0.306. The predicted molar refractivity (Wildman–Crippen MR) is 67.6 cm³/mol. The van der Waals surface area contributed by atoms with Crippen LogP contribution in [0, 0.1) is 0 Å². The number of nitrogens with zero attached hydrogens (tertiary/aromatic N) is 3. The van der Waals surface area contributed by atoms with Crippen LogP contribution in [0.3, 0.4) is 0 Å². The van der Waals surface area contributed by atoms with E-state index >= 15 is 0 Å². The van der Waals surface area contributed by atoms with Crippen molar-refractivity contribution >= 4 is 17.5 Å². The Morgan fingerprint density at radius 3 is 2.50 bits per heavy atom. The van der Waals surface area contributed by atoms with Gasteiger partial charge in [-0.1, -0.05) is 11.6 Å². The first-order chi connectivity index (χ1) is 9.35. The molecule has 0 unspecified atom stereocenters. The van der Waals surface area contributed by atoms with Gasteiger partial charge in [0.25, 0.3) is 5.91 Å². The molecule has 1 amide bonds. The van der Waals surface area contributed by atoms with Crippen LogP contribution in [0.4, 0.5) is 13.2 Å². The van der Waals surface area contributed by atoms with Gasteiger partial charge in [-0.3, -0.25) is 14.7 Å². The molecule has 0 atom stereocenters. The molecule has 0 aliphatic carbocycles. The molecule has 1 aliphatic heterocycles. The van der Waals surface area contributed by atoms with E-state index in [1.54, 1.807) is 6.07 Å². The average molecular weight is 308 g/mol. The summed E-state index contributed by atoms with van der Waals surface area (Å²) >= 11 is 5.78. The van der Waals surface area contributed by atoms with Crippen molar-refractivity contribution in [3.8, 4) is 0 Å². The first kappa shape index (κ1) is 15.1. The molecule has 0 spiro atoms. The van der Waals surface area contributed by atoms with E-state index in [-0.39, 0.29) is 37.8 Å². The molecule has 0 radical (unpaired) electrons. The summed E-state index contributed by atoms with van der Waals surface area (Å²) in [6.07, 6.45) is -2.78. The molecular weight excluding hydrogens is 295 g/mol. The minimum absolute atomic E-state index is 0.200. The minimum atomic E-state index is -4.21. The molecule has 8 heteroatoms. The zero-order valence-corrected chi connectivity index (χ0v) is 11.3. The van der Waals surface area contributed by atoms with Crippen molar-refractivity contribution in [2.24, 2.45) is 0 Å². The van der Waals surface area contributed by atoms with Crippen molar-refractivity contribution in [3.05, 3.63) is 29.0 Å². The van der Waals surface area contributed by atoms with Gasteiger partial charge in [-0.05, 0) is 12.1 Å². The summed E-state index contributed by atoms with van der Waals surface area (Å²) in [4.78, 5) is 18.8. The van der Waals surface area contributed by atoms with E-state index in [0.29, 0.717) is 5.02 Å². The van der Waals surface area contributed by atoms with Crippen LogP contribution in [-0.2, 0) is 0 Å². The molecule has 1 aromatic rings. The van der Waals surface area contributed by atoms with Crippen molar-refractivity contribution in [3.63, 3.8) is 0 Å². The van der Waals surface area contributed by atoms with E-state index in [2.05, 4.69) is 4.98 Å². The average Bonchev–Trinajstić information content (AvgIpc) is 2.37. The number of aromatic nitrogens is 1. The van der Waals surface area contributed by atoms with Gasteiger partial charge in [0.2, 0.25) is 0 Å². The Kier molecular flexibility index (Phi) is 4.49. The number of halogens is 4. The van der Waals surface area contributed by atoms with Gasteiger partial charge in [0.1, 0.15) is 5.69 Å². The fraction of sp³-hybridized carbons (Fsp3) is 0.500. The van der Waals surface area contributed by atoms with E-state index < -0.39 is 12.7 Å². The van der Waals surface area contributed by atoms with Gasteiger partial charge in [0.05, 0.1) is 6.54 Å². The molecule has 20 heavy (non-hydrogen) atoms. The fourth-order valence-electron chi connectivity index (χ4n) is 2.05. The van der Waals surface area contributed by atoms with Crippen LogP contribution in [0.2, 0.25) is 5.02 Å². The van der Waals surface area contributed by atoms with Crippen molar-refractivity contribution in [1.82, 2.24) is 14.8 Å². The zero-order valence-electron chi connectivity index (χ0n) is 10.5. The van der Waals surface area contributed by atoms with Crippen LogP contribution in [-0.4, -0.2) is 59.6 Å². The minimum Gasteiger partial charge on any atom is -0.335 e. The number of carbonyl (C=O) groups is 1. The second-order valence-electron chi connectivity index (χ2n) is 4.54. The second-order valence-corrected chi connectivity index (χ2v) is 4.98. The summed E-state index contributed by atoms with van der Waals surface area (Å²) < 4.78 is 36.8. The maximum absolute atomic E-state index is 12.3. The maximum atomic E-state index is 12.3. The Labute approximate surface area is 119 Å². The molecule has 1 saturated heterocycles. The standard InChI is InChI=1S/C12H13ClF3N3O/c13-9-1-2-17-10(7-9)11(20)19-5-3-18(4-6-19)8-12(14,15)16/h1-2,7H,3-6,8H2. The van der Waals surface area contributed by atoms with Gasteiger partial charge >= 0.3 is 6.18 Å². The van der Waals surface area contributed by atoms with Crippen LogP contribution in [0.5, 0.6) is 0 Å². The predicted octanol–water partition coefficient (Wildman–Crippen LogP) is 2.06. The van der Waals surface area contributed by atoms with E-state index in [9.17, 15) is 18.0 Å². The normalized spacial score (nSPS) is 17.3. The number of rotatable bonds is 2. The summed E-state index contributed by atoms with van der Waals surface area (Å²) in [6, 6.07) is 3.01. The Morgan fingerprint density at radius 1 is 1.30 bits per heavy atom. The lowest BCUT2D eigenvalue weighted by Gasteiger charge is -2.34. The number of carbonyl (C=O) groups excluding carboxylic acids is 1. The van der Waals surface area contributed by atoms with Crippen LogP contribution < -0.4 is 0 Å². The van der Waals surface area contributed by atoms with Gasteiger partial charge in [-0.25, -0.2) is 0 Å². The lowest BCUT2D eigenvalue weighted by Crippen LogP contribution is -2.51. The van der Waals surface area contributed by atoms with E-state index in [1.807, 2.05) is 0 Å². The van der Waals surface area contributed by atoms with Crippen molar-refractivity contribution in [1.29, 1.82) is 0 Å². The molecule has 2 heterocycles. The van der Waals surface area contributed by atoms with Gasteiger partial charge in [0.15, 0.2) is 0 Å². The van der Waals surface area contributed by atoms with Crippen LogP contribution in [0.25, 0.3) is 0 Å². The van der Waals surface area contributed by atoms with Crippen molar-refractivity contribution in [2.75, 3.05) is 32.7 Å². The Morgan fingerprint density at radius 2 is 1.95 bits per heavy atom. The molecule has 0 N–H and O–H groups in total. The smallest absolute Gasteiger partial charge is 0.335 e. The summed E-state index contributed by atoms with van der Waals surface area (Å²) in [7, 11) is 0. The SMILES string of the molecule is O=C(c1cc(Cl)ccn1)N1CCN(CC(F)(F)F)CC1. The van der Waals surface area contributed by atoms with Crippen LogP contribution in [0.15, 0.2) is 18.3 Å². The lowest BCUT2D eigenvalue weighted by molar-refractivity contribution is -0.148. The highest BCUT2D eigenvalue weighted by Crippen LogP contribution is 2.18. The second kappa shape index (κ2) is 5.97. The Balaban J connectivity index is 1.92. The molecule has 4 nitrogen and oxygen atoms in total. The molecule has 0 bridgehead atoms. The Hall–Kier alpha value is -1.34. The van der Waals surface area contributed by atoms with Crippen LogP contribution >= 0.6 is 11.6 Å². The zero-order chi connectivity index (χ0) is 14.8. The molecule has 1 aromatic heterocycles. The fourth-order valence-corrected chi connectivity index (χ4v) is 2.21. The third-order valence-electron chi connectivity index (χ3n) is 3.00. The number of amides is 1. The van der Waals surface area contributed by atoms with Crippen molar-refractivity contribution < 1.29 is 18.0 Å². The molecule has 0 saturated carbocycles. The van der Waals surface area contributed by atoms with E-state index in [0.717, 1.165) is 0 Å². The summed E-state index contributed by atoms with van der Waals surface area (Å²) in [5, 5.41) is 0.402. The largest absolute Gasteiger partial charge is 0.401 e. The van der Waals surface area contributed by atoms with E-state index in [1.165, 1.54) is 22.1 Å². The van der Waals surface area contributed by atoms with Crippen LogP contribution in [0.1, 0.15) is 10.5 Å². The molecule has 110 valence electrons. The number of piperazine rings is 1. The van der Waals surface area contributed by atoms with E-state index in [4.69, 9.17) is 11.6 Å². The first-order valence-electron chi connectivity index (χ1n) is 6.05. The Bertz CT molecular complexity index is 487. The van der Waals surface area contributed by atoms with Gasteiger partial charge in [-0.2, -0.15) is 13.2 Å². The summed E-state index contributed by atoms with van der Waals surface area (Å²) in [6.45, 7) is -0.0334. The molecule has 1 fully saturated rings. The maximum Gasteiger partial charge on any atom is 0.401 e.